The van der Waals surface area contributed by atoms with Gasteiger partial charge in [-0.25, -0.2) is 4.98 Å². The number of pyridine rings is 1. The highest BCUT2D eigenvalue weighted by Gasteiger charge is 2.16. The van der Waals surface area contributed by atoms with Gasteiger partial charge in [-0.2, -0.15) is 5.10 Å². The van der Waals surface area contributed by atoms with E-state index in [1.165, 1.54) is 41.9 Å². The van der Waals surface area contributed by atoms with Crippen LogP contribution >= 0.6 is 11.3 Å². The Labute approximate surface area is 264 Å². The van der Waals surface area contributed by atoms with Crippen LogP contribution in [0, 0.1) is 5.92 Å². The number of fused-ring (bicyclic) bond motifs is 1. The van der Waals surface area contributed by atoms with E-state index in [0.29, 0.717) is 0 Å². The molecule has 1 fully saturated rings. The Hall–Kier alpha value is -4.42. The summed E-state index contributed by atoms with van der Waals surface area (Å²) in [4.78, 5) is 10.5. The molecule has 0 aliphatic heterocycles. The average molecular weight is 602 g/mol. The van der Waals surface area contributed by atoms with Gasteiger partial charge in [-0.05, 0) is 92.3 Å². The van der Waals surface area contributed by atoms with Crippen molar-refractivity contribution in [3.05, 3.63) is 113 Å². The molecule has 0 radical (unpaired) electrons. The number of hydrogen-bond donors (Lipinski definition) is 3. The van der Waals surface area contributed by atoms with Crippen LogP contribution in [0.5, 0.6) is 0 Å². The van der Waals surface area contributed by atoms with Gasteiger partial charge in [0.25, 0.3) is 0 Å². The van der Waals surface area contributed by atoms with Gasteiger partial charge < -0.3 is 10.3 Å². The summed E-state index contributed by atoms with van der Waals surface area (Å²) >= 11 is 1.74. The maximum absolute atomic E-state index is 4.72. The third-order valence-electron chi connectivity index (χ3n) is 8.31. The van der Waals surface area contributed by atoms with Crippen molar-refractivity contribution in [2.24, 2.45) is 5.92 Å². The number of aromatic nitrogens is 4. The SMILES string of the molecule is C=C/C(=C\C(=C/C)C(=C)/C=c1/c(-c2cc3c(-c4ccc(C(=C)C)s4)ccnc3[nH]2)n[nH]/c1=C/C)NC(=C)CC1CCCCC1. The summed E-state index contributed by atoms with van der Waals surface area (Å²) < 4.78 is 0. The maximum Gasteiger partial charge on any atom is 0.138 e. The Kier molecular flexibility index (Phi) is 9.81. The van der Waals surface area contributed by atoms with Crippen molar-refractivity contribution in [1.82, 2.24) is 25.5 Å². The molecule has 5 rings (SSSR count). The van der Waals surface area contributed by atoms with E-state index in [0.717, 1.165) is 79.0 Å². The maximum atomic E-state index is 4.72. The van der Waals surface area contributed by atoms with Crippen LogP contribution in [0.25, 0.3) is 50.6 Å². The van der Waals surface area contributed by atoms with Crippen LogP contribution in [0.3, 0.4) is 0 Å². The first-order chi connectivity index (χ1) is 21.3. The molecular formula is C38H43N5S. The summed E-state index contributed by atoms with van der Waals surface area (Å²) in [5, 5.41) is 14.4. The van der Waals surface area contributed by atoms with E-state index in [1.807, 2.05) is 39.1 Å². The molecule has 0 aromatic carbocycles. The van der Waals surface area contributed by atoms with Gasteiger partial charge in [0.1, 0.15) is 11.3 Å². The molecule has 0 spiro atoms. The molecular weight excluding hydrogens is 559 g/mol. The number of aromatic amines is 2. The predicted molar refractivity (Wildman–Crippen MR) is 190 cm³/mol. The lowest BCUT2D eigenvalue weighted by Gasteiger charge is -2.23. The molecule has 5 nitrogen and oxygen atoms in total. The van der Waals surface area contributed by atoms with Gasteiger partial charge in [0, 0.05) is 43.5 Å². The van der Waals surface area contributed by atoms with Gasteiger partial charge in [0.15, 0.2) is 0 Å². The van der Waals surface area contributed by atoms with E-state index in [1.54, 1.807) is 11.3 Å². The van der Waals surface area contributed by atoms with Crippen LogP contribution in [-0.4, -0.2) is 20.2 Å². The summed E-state index contributed by atoms with van der Waals surface area (Å²) in [6.45, 7) is 23.0. The zero-order valence-electron chi connectivity index (χ0n) is 26.2. The fourth-order valence-corrected chi connectivity index (χ4v) is 6.92. The standard InChI is InChI=1S/C38H43N5S/c1-8-28(22-29(9-2)40-26(7)21-27-14-12-11-13-15-27)25(6)20-32-33(10-3)42-43-37(32)34-23-31-30(18-19-39-38(31)41-34)36-17-16-35(44-36)24(4)5/h8-10,16-20,22-23,27,40,42H,2,4,6-7,11-15,21H2,1,3,5H3,(H,39,41)/b28-8+,29-22+,32-20+,33-10+. The lowest BCUT2D eigenvalue weighted by Crippen LogP contribution is -2.23. The Bertz CT molecular complexity index is 1900. The molecule has 1 aliphatic carbocycles. The van der Waals surface area contributed by atoms with E-state index < -0.39 is 0 Å². The normalized spacial score (nSPS) is 15.6. The number of hydrogen-bond acceptors (Lipinski definition) is 4. The smallest absolute Gasteiger partial charge is 0.138 e. The lowest BCUT2D eigenvalue weighted by atomic mass is 9.86. The molecule has 0 unspecified atom stereocenters. The molecule has 0 bridgehead atoms. The van der Waals surface area contributed by atoms with Crippen LogP contribution in [0.1, 0.15) is 64.2 Å². The third kappa shape index (κ3) is 6.87. The quantitative estimate of drug-likeness (QED) is 0.150. The lowest BCUT2D eigenvalue weighted by molar-refractivity contribution is 0.353. The first-order valence-corrected chi connectivity index (χ1v) is 16.2. The van der Waals surface area contributed by atoms with E-state index in [9.17, 15) is 0 Å². The van der Waals surface area contributed by atoms with Crippen molar-refractivity contribution in [3.63, 3.8) is 0 Å². The molecule has 1 saturated carbocycles. The largest absolute Gasteiger partial charge is 0.359 e. The first kappa shape index (κ1) is 31.0. The molecule has 6 heteroatoms. The highest BCUT2D eigenvalue weighted by molar-refractivity contribution is 7.16. The van der Waals surface area contributed by atoms with E-state index >= 15 is 0 Å². The van der Waals surface area contributed by atoms with E-state index in [4.69, 9.17) is 5.10 Å². The van der Waals surface area contributed by atoms with E-state index in [2.05, 4.69) is 89.2 Å². The second kappa shape index (κ2) is 13.9. The van der Waals surface area contributed by atoms with Crippen molar-refractivity contribution in [2.45, 2.75) is 59.3 Å². The van der Waals surface area contributed by atoms with Crippen LogP contribution in [0.4, 0.5) is 0 Å². The zero-order valence-corrected chi connectivity index (χ0v) is 27.0. The molecule has 4 aromatic rings. The van der Waals surface area contributed by atoms with Crippen LogP contribution in [0.2, 0.25) is 0 Å². The number of thiophene rings is 1. The average Bonchev–Trinajstić information content (AvgIpc) is 3.78. The molecule has 226 valence electrons. The fraction of sp³-hybridized carbons (Fsp3) is 0.263. The zero-order chi connectivity index (χ0) is 31.2. The Balaban J connectivity index is 1.45. The van der Waals surface area contributed by atoms with Crippen molar-refractivity contribution < 1.29 is 0 Å². The van der Waals surface area contributed by atoms with Gasteiger partial charge in [-0.15, -0.1) is 11.3 Å². The summed E-state index contributed by atoms with van der Waals surface area (Å²) in [6.07, 6.45) is 19.6. The molecule has 0 saturated heterocycles. The molecule has 4 aromatic heterocycles. The molecule has 0 amide bonds. The Morgan fingerprint density at radius 2 is 1.91 bits per heavy atom. The molecule has 0 atom stereocenters. The Morgan fingerprint density at radius 3 is 2.59 bits per heavy atom. The Morgan fingerprint density at radius 1 is 1.11 bits per heavy atom. The molecule has 4 heterocycles. The van der Waals surface area contributed by atoms with Gasteiger partial charge >= 0.3 is 0 Å². The minimum atomic E-state index is 0.720. The van der Waals surface area contributed by atoms with Gasteiger partial charge in [-0.1, -0.05) is 70.6 Å². The summed E-state index contributed by atoms with van der Waals surface area (Å²) in [6, 6.07) is 8.49. The predicted octanol–water partition coefficient (Wildman–Crippen LogP) is 8.94. The number of nitrogens with zero attached hydrogens (tertiary/aromatic N) is 2. The van der Waals surface area contributed by atoms with Crippen molar-refractivity contribution in [2.75, 3.05) is 0 Å². The second-order valence-electron chi connectivity index (χ2n) is 11.6. The molecule has 3 N–H and O–H groups in total. The monoisotopic (exact) mass is 601 g/mol. The third-order valence-corrected chi connectivity index (χ3v) is 9.59. The van der Waals surface area contributed by atoms with E-state index in [-0.39, 0.29) is 0 Å². The van der Waals surface area contributed by atoms with Crippen LogP contribution < -0.4 is 15.9 Å². The number of nitrogens with one attached hydrogen (secondary N) is 3. The van der Waals surface area contributed by atoms with Crippen LogP contribution in [0.15, 0.2) is 97.5 Å². The first-order valence-electron chi connectivity index (χ1n) is 15.4. The minimum Gasteiger partial charge on any atom is -0.359 e. The van der Waals surface area contributed by atoms with Crippen molar-refractivity contribution >= 4 is 40.1 Å². The van der Waals surface area contributed by atoms with Crippen molar-refractivity contribution in [3.8, 4) is 21.8 Å². The van der Waals surface area contributed by atoms with Gasteiger partial charge in [0.05, 0.1) is 11.0 Å². The van der Waals surface area contributed by atoms with Crippen LogP contribution in [-0.2, 0) is 0 Å². The summed E-state index contributed by atoms with van der Waals surface area (Å²) in [5.41, 5.74) is 8.57. The van der Waals surface area contributed by atoms with Gasteiger partial charge in [-0.3, -0.25) is 5.10 Å². The minimum absolute atomic E-state index is 0.720. The molecule has 1 aliphatic rings. The number of H-pyrrole nitrogens is 2. The molecule has 44 heavy (non-hydrogen) atoms. The van der Waals surface area contributed by atoms with Gasteiger partial charge in [0.2, 0.25) is 0 Å². The summed E-state index contributed by atoms with van der Waals surface area (Å²) in [7, 11) is 0. The fourth-order valence-electron chi connectivity index (χ4n) is 5.94. The number of rotatable bonds is 11. The number of allylic oxidation sites excluding steroid dienone is 7. The highest BCUT2D eigenvalue weighted by Crippen LogP contribution is 2.36. The van der Waals surface area contributed by atoms with Crippen molar-refractivity contribution in [1.29, 1.82) is 0 Å². The topological polar surface area (TPSA) is 69.4 Å². The second-order valence-corrected chi connectivity index (χ2v) is 12.7. The summed E-state index contributed by atoms with van der Waals surface area (Å²) in [5.74, 6) is 0.720. The highest BCUT2D eigenvalue weighted by atomic mass is 32.1.